The first-order valence-corrected chi connectivity index (χ1v) is 7.03. The first-order chi connectivity index (χ1) is 10.1. The second-order valence-corrected chi connectivity index (χ2v) is 5.27. The molecular formula is C15H19N5O. The highest BCUT2D eigenvalue weighted by molar-refractivity contribution is 5.99. The fourth-order valence-electron chi connectivity index (χ4n) is 2.58. The number of rotatable bonds is 2. The van der Waals surface area contributed by atoms with Crippen LogP contribution < -0.4 is 16.0 Å². The number of nitrogens with zero attached hydrogens (tertiary/aromatic N) is 2. The summed E-state index contributed by atoms with van der Waals surface area (Å²) in [5, 5.41) is 13.5. The third-order valence-electron chi connectivity index (χ3n) is 3.58. The third kappa shape index (κ3) is 2.90. The van der Waals surface area contributed by atoms with Crippen molar-refractivity contribution in [2.24, 2.45) is 7.05 Å². The molecule has 6 heteroatoms. The largest absolute Gasteiger partial charge is 0.324 e. The number of fused-ring (bicyclic) bond motifs is 1. The number of benzene rings is 1. The summed E-state index contributed by atoms with van der Waals surface area (Å²) in [5.74, 6) is 0.752. The van der Waals surface area contributed by atoms with Gasteiger partial charge in [-0.1, -0.05) is 12.1 Å². The van der Waals surface area contributed by atoms with Gasteiger partial charge in [0.15, 0.2) is 0 Å². The molecule has 2 aromatic rings. The molecule has 0 aliphatic carbocycles. The maximum absolute atomic E-state index is 12.1. The van der Waals surface area contributed by atoms with E-state index in [1.165, 1.54) is 0 Å². The number of carbonyl (C=O) groups excluding carboxylic acids is 1. The summed E-state index contributed by atoms with van der Waals surface area (Å²) >= 11 is 0. The van der Waals surface area contributed by atoms with Crippen molar-refractivity contribution in [3.05, 3.63) is 41.1 Å². The van der Waals surface area contributed by atoms with E-state index in [4.69, 9.17) is 0 Å². The number of nitrogens with one attached hydrogen (secondary N) is 3. The highest BCUT2D eigenvalue weighted by Gasteiger charge is 2.20. The van der Waals surface area contributed by atoms with Crippen LogP contribution >= 0.6 is 0 Å². The third-order valence-corrected chi connectivity index (χ3v) is 3.58. The number of amides is 2. The Bertz CT molecular complexity index is 677. The second kappa shape index (κ2) is 5.57. The standard InChI is InChI=1S/C15H19N5O/c1-10-4-3-5-11(8-10)17-15(21)18-14-12-9-16-7-6-13(12)19-20(14)2/h3-5,8,16H,6-7,9H2,1-2H3,(H2,17,18,21). The van der Waals surface area contributed by atoms with Crippen molar-refractivity contribution in [1.82, 2.24) is 15.1 Å². The van der Waals surface area contributed by atoms with Gasteiger partial charge in [0.1, 0.15) is 5.82 Å². The summed E-state index contributed by atoms with van der Waals surface area (Å²) in [6, 6.07) is 7.46. The zero-order chi connectivity index (χ0) is 14.8. The summed E-state index contributed by atoms with van der Waals surface area (Å²) in [7, 11) is 1.85. The van der Waals surface area contributed by atoms with Gasteiger partial charge in [0.25, 0.3) is 0 Å². The fraction of sp³-hybridized carbons (Fsp3) is 0.333. The summed E-state index contributed by atoms with van der Waals surface area (Å²) in [4.78, 5) is 12.1. The highest BCUT2D eigenvalue weighted by atomic mass is 16.2. The van der Waals surface area contributed by atoms with Gasteiger partial charge in [-0.15, -0.1) is 0 Å². The first kappa shape index (κ1) is 13.6. The lowest BCUT2D eigenvalue weighted by atomic mass is 10.1. The van der Waals surface area contributed by atoms with Crippen LogP contribution in [0.15, 0.2) is 24.3 Å². The van der Waals surface area contributed by atoms with Crippen LogP contribution in [0.3, 0.4) is 0 Å². The van der Waals surface area contributed by atoms with E-state index in [0.717, 1.165) is 47.8 Å². The van der Waals surface area contributed by atoms with E-state index in [-0.39, 0.29) is 6.03 Å². The van der Waals surface area contributed by atoms with Crippen molar-refractivity contribution >= 4 is 17.5 Å². The van der Waals surface area contributed by atoms with Gasteiger partial charge < -0.3 is 10.6 Å². The number of hydrogen-bond donors (Lipinski definition) is 3. The lowest BCUT2D eigenvalue weighted by Gasteiger charge is -2.14. The normalized spacial score (nSPS) is 13.6. The van der Waals surface area contributed by atoms with E-state index in [0.29, 0.717) is 0 Å². The molecule has 2 amide bonds. The molecule has 0 unspecified atom stereocenters. The predicted molar refractivity (Wildman–Crippen MR) is 82.4 cm³/mol. The average Bonchev–Trinajstić information content (AvgIpc) is 2.75. The molecule has 6 nitrogen and oxygen atoms in total. The molecular weight excluding hydrogens is 266 g/mol. The fourth-order valence-corrected chi connectivity index (χ4v) is 2.58. The van der Waals surface area contributed by atoms with Crippen LogP contribution in [0.2, 0.25) is 0 Å². The van der Waals surface area contributed by atoms with E-state index in [2.05, 4.69) is 21.0 Å². The molecule has 1 aromatic carbocycles. The van der Waals surface area contributed by atoms with Gasteiger partial charge >= 0.3 is 6.03 Å². The van der Waals surface area contributed by atoms with Crippen LogP contribution in [0.25, 0.3) is 0 Å². The molecule has 0 radical (unpaired) electrons. The van der Waals surface area contributed by atoms with Gasteiger partial charge in [-0.25, -0.2) is 4.79 Å². The van der Waals surface area contributed by atoms with Crippen molar-refractivity contribution in [2.45, 2.75) is 19.9 Å². The van der Waals surface area contributed by atoms with Gasteiger partial charge in [-0.2, -0.15) is 5.10 Å². The van der Waals surface area contributed by atoms with Crippen LogP contribution in [0, 0.1) is 6.92 Å². The van der Waals surface area contributed by atoms with Crippen LogP contribution in [0.5, 0.6) is 0 Å². The molecule has 1 aromatic heterocycles. The maximum Gasteiger partial charge on any atom is 0.324 e. The Kier molecular flexibility index (Phi) is 3.62. The molecule has 0 saturated carbocycles. The molecule has 0 bridgehead atoms. The van der Waals surface area contributed by atoms with Crippen molar-refractivity contribution in [1.29, 1.82) is 0 Å². The van der Waals surface area contributed by atoms with Crippen molar-refractivity contribution < 1.29 is 4.79 Å². The number of anilines is 2. The Hall–Kier alpha value is -2.34. The monoisotopic (exact) mass is 285 g/mol. The molecule has 3 rings (SSSR count). The van der Waals surface area contributed by atoms with Gasteiger partial charge in [-0.3, -0.25) is 10.00 Å². The minimum atomic E-state index is -0.253. The Labute approximate surface area is 123 Å². The van der Waals surface area contributed by atoms with Gasteiger partial charge in [0.2, 0.25) is 0 Å². The molecule has 0 spiro atoms. The Balaban J connectivity index is 1.74. The SMILES string of the molecule is Cc1cccc(NC(=O)Nc2c3c(nn2C)CCNC3)c1. The number of aromatic nitrogens is 2. The predicted octanol–water partition coefficient (Wildman–Crippen LogP) is 2.02. The summed E-state index contributed by atoms with van der Waals surface area (Å²) < 4.78 is 1.73. The van der Waals surface area contributed by atoms with Crippen molar-refractivity contribution in [2.75, 3.05) is 17.2 Å². The molecule has 0 saturated heterocycles. The quantitative estimate of drug-likeness (QED) is 0.790. The number of carbonyl (C=O) groups is 1. The van der Waals surface area contributed by atoms with Crippen LogP contribution in [0.1, 0.15) is 16.8 Å². The van der Waals surface area contributed by atoms with E-state index in [9.17, 15) is 4.79 Å². The van der Waals surface area contributed by atoms with Crippen molar-refractivity contribution in [3.63, 3.8) is 0 Å². The van der Waals surface area contributed by atoms with Gasteiger partial charge in [0.05, 0.1) is 5.69 Å². The highest BCUT2D eigenvalue weighted by Crippen LogP contribution is 2.22. The summed E-state index contributed by atoms with van der Waals surface area (Å²) in [6.45, 7) is 3.66. The molecule has 110 valence electrons. The van der Waals surface area contributed by atoms with E-state index >= 15 is 0 Å². The van der Waals surface area contributed by atoms with E-state index in [1.54, 1.807) is 4.68 Å². The molecule has 3 N–H and O–H groups in total. The van der Waals surface area contributed by atoms with Crippen LogP contribution in [-0.4, -0.2) is 22.4 Å². The Morgan fingerprint density at radius 1 is 1.38 bits per heavy atom. The molecule has 0 atom stereocenters. The zero-order valence-corrected chi connectivity index (χ0v) is 12.2. The number of hydrogen-bond acceptors (Lipinski definition) is 3. The second-order valence-electron chi connectivity index (χ2n) is 5.27. The Morgan fingerprint density at radius 2 is 2.24 bits per heavy atom. The van der Waals surface area contributed by atoms with Gasteiger partial charge in [0, 0.05) is 37.8 Å². The average molecular weight is 285 g/mol. The lowest BCUT2D eigenvalue weighted by molar-refractivity contribution is 0.262. The number of urea groups is 1. The van der Waals surface area contributed by atoms with Crippen LogP contribution in [-0.2, 0) is 20.0 Å². The zero-order valence-electron chi connectivity index (χ0n) is 12.2. The van der Waals surface area contributed by atoms with Gasteiger partial charge in [-0.05, 0) is 24.6 Å². The van der Waals surface area contributed by atoms with E-state index < -0.39 is 0 Å². The first-order valence-electron chi connectivity index (χ1n) is 7.03. The maximum atomic E-state index is 12.1. The Morgan fingerprint density at radius 3 is 3.05 bits per heavy atom. The lowest BCUT2D eigenvalue weighted by Crippen LogP contribution is -2.25. The van der Waals surface area contributed by atoms with E-state index in [1.807, 2.05) is 38.2 Å². The molecule has 1 aliphatic rings. The van der Waals surface area contributed by atoms with Crippen LogP contribution in [0.4, 0.5) is 16.3 Å². The molecule has 0 fully saturated rings. The molecule has 1 aliphatic heterocycles. The minimum Gasteiger partial charge on any atom is -0.312 e. The molecule has 2 heterocycles. The summed E-state index contributed by atoms with van der Waals surface area (Å²) in [6.07, 6.45) is 0.893. The smallest absolute Gasteiger partial charge is 0.312 e. The molecule has 21 heavy (non-hydrogen) atoms. The minimum absolute atomic E-state index is 0.253. The topological polar surface area (TPSA) is 71.0 Å². The number of aryl methyl sites for hydroxylation is 2. The summed E-state index contributed by atoms with van der Waals surface area (Å²) in [5.41, 5.74) is 4.02. The van der Waals surface area contributed by atoms with Crippen molar-refractivity contribution in [3.8, 4) is 0 Å².